The lowest BCUT2D eigenvalue weighted by molar-refractivity contribution is -0.139. The van der Waals surface area contributed by atoms with E-state index in [4.69, 9.17) is 10.5 Å². The Balaban J connectivity index is 2.00. The molecule has 0 aliphatic carbocycles. The molecule has 2 aromatic carbocycles. The molecular formula is C22H26N2O5. The van der Waals surface area contributed by atoms with Gasteiger partial charge in [0.25, 0.3) is 5.91 Å². The second-order valence-corrected chi connectivity index (χ2v) is 6.67. The van der Waals surface area contributed by atoms with E-state index in [9.17, 15) is 19.5 Å². The lowest BCUT2D eigenvalue weighted by atomic mass is 10.0. The summed E-state index contributed by atoms with van der Waals surface area (Å²) in [5, 5.41) is 11.6. The third-order valence-electron chi connectivity index (χ3n) is 4.38. The predicted molar refractivity (Wildman–Crippen MR) is 110 cm³/mol. The fourth-order valence-electron chi connectivity index (χ4n) is 2.68. The number of ether oxygens (including phenoxy) is 1. The average Bonchev–Trinajstić information content (AvgIpc) is 2.71. The second kappa shape index (κ2) is 10.8. The molecule has 0 aliphatic rings. The molecule has 0 fully saturated rings. The molecule has 0 bridgehead atoms. The largest absolute Gasteiger partial charge is 0.494 e. The molecule has 29 heavy (non-hydrogen) atoms. The fourth-order valence-corrected chi connectivity index (χ4v) is 2.68. The van der Waals surface area contributed by atoms with Crippen LogP contribution in [-0.4, -0.2) is 35.5 Å². The van der Waals surface area contributed by atoms with E-state index in [1.54, 1.807) is 24.3 Å². The lowest BCUT2D eigenvalue weighted by Gasteiger charge is -2.14. The van der Waals surface area contributed by atoms with Crippen molar-refractivity contribution >= 4 is 17.8 Å². The molecule has 7 heteroatoms. The van der Waals surface area contributed by atoms with Crippen LogP contribution in [0, 0.1) is 0 Å². The maximum absolute atomic E-state index is 12.3. The number of primary amides is 1. The van der Waals surface area contributed by atoms with Gasteiger partial charge < -0.3 is 20.9 Å². The highest BCUT2D eigenvalue weighted by atomic mass is 16.5. The predicted octanol–water partition coefficient (Wildman–Crippen LogP) is 2.98. The second-order valence-electron chi connectivity index (χ2n) is 6.67. The zero-order valence-electron chi connectivity index (χ0n) is 16.4. The highest BCUT2D eigenvalue weighted by Crippen LogP contribution is 2.23. The Morgan fingerprint density at radius 2 is 1.62 bits per heavy atom. The summed E-state index contributed by atoms with van der Waals surface area (Å²) in [5.41, 5.74) is 7.27. The van der Waals surface area contributed by atoms with E-state index in [0.717, 1.165) is 29.7 Å². The summed E-state index contributed by atoms with van der Waals surface area (Å²) >= 11 is 0. The van der Waals surface area contributed by atoms with Gasteiger partial charge >= 0.3 is 5.97 Å². The zero-order chi connectivity index (χ0) is 21.2. The highest BCUT2D eigenvalue weighted by molar-refractivity contribution is 5.97. The van der Waals surface area contributed by atoms with E-state index in [-0.39, 0.29) is 12.8 Å². The molecule has 0 radical (unpaired) electrons. The quantitative estimate of drug-likeness (QED) is 0.503. The first-order valence-electron chi connectivity index (χ1n) is 9.56. The first-order valence-corrected chi connectivity index (χ1v) is 9.56. The Morgan fingerprint density at radius 1 is 1.03 bits per heavy atom. The van der Waals surface area contributed by atoms with Crippen LogP contribution in [0.15, 0.2) is 48.5 Å². The van der Waals surface area contributed by atoms with Crippen LogP contribution in [0.1, 0.15) is 43.0 Å². The minimum absolute atomic E-state index is 0.0544. The number of hydrogen-bond acceptors (Lipinski definition) is 4. The number of hydrogen-bond donors (Lipinski definition) is 3. The molecule has 0 aliphatic heterocycles. The number of nitrogens with two attached hydrogens (primary N) is 1. The number of carbonyl (C=O) groups excluding carboxylic acids is 2. The van der Waals surface area contributed by atoms with Crippen LogP contribution in [0.3, 0.4) is 0 Å². The van der Waals surface area contributed by atoms with Crippen molar-refractivity contribution in [2.45, 2.75) is 38.6 Å². The van der Waals surface area contributed by atoms with Gasteiger partial charge in [0.2, 0.25) is 5.91 Å². The van der Waals surface area contributed by atoms with E-state index in [1.165, 1.54) is 0 Å². The zero-order valence-corrected chi connectivity index (χ0v) is 16.4. The number of nitrogens with one attached hydrogen (secondary N) is 1. The van der Waals surface area contributed by atoms with Crippen LogP contribution in [0.4, 0.5) is 0 Å². The van der Waals surface area contributed by atoms with Crippen LogP contribution in [0.5, 0.6) is 5.75 Å². The normalized spacial score (nSPS) is 11.5. The molecule has 0 heterocycles. The average molecular weight is 398 g/mol. The van der Waals surface area contributed by atoms with Crippen LogP contribution >= 0.6 is 0 Å². The van der Waals surface area contributed by atoms with Crippen molar-refractivity contribution in [1.82, 2.24) is 5.32 Å². The van der Waals surface area contributed by atoms with Gasteiger partial charge in [0.15, 0.2) is 0 Å². The number of carboxylic acids is 1. The lowest BCUT2D eigenvalue weighted by Crippen LogP contribution is -2.41. The summed E-state index contributed by atoms with van der Waals surface area (Å²) in [6.45, 7) is 2.80. The number of carboxylic acid groups (broad SMARTS) is 1. The number of benzene rings is 2. The van der Waals surface area contributed by atoms with Crippen LogP contribution in [-0.2, 0) is 9.59 Å². The van der Waals surface area contributed by atoms with Gasteiger partial charge in [-0.05, 0) is 48.2 Å². The third kappa shape index (κ3) is 6.95. The van der Waals surface area contributed by atoms with Gasteiger partial charge in [-0.2, -0.15) is 0 Å². The van der Waals surface area contributed by atoms with Crippen molar-refractivity contribution in [2.75, 3.05) is 6.61 Å². The Bertz CT molecular complexity index is 831. The first-order chi connectivity index (χ1) is 13.9. The van der Waals surface area contributed by atoms with Gasteiger partial charge in [-0.3, -0.25) is 9.59 Å². The molecule has 0 unspecified atom stereocenters. The monoisotopic (exact) mass is 398 g/mol. The minimum atomic E-state index is -1.21. The summed E-state index contributed by atoms with van der Waals surface area (Å²) < 4.78 is 5.65. The molecule has 154 valence electrons. The molecule has 7 nitrogen and oxygen atoms in total. The molecular weight excluding hydrogens is 372 g/mol. The van der Waals surface area contributed by atoms with E-state index in [0.29, 0.717) is 12.2 Å². The van der Waals surface area contributed by atoms with Crippen molar-refractivity contribution in [1.29, 1.82) is 0 Å². The van der Waals surface area contributed by atoms with Crippen molar-refractivity contribution in [3.05, 3.63) is 54.1 Å². The van der Waals surface area contributed by atoms with E-state index < -0.39 is 23.8 Å². The molecule has 2 rings (SSSR count). The van der Waals surface area contributed by atoms with Gasteiger partial charge in [0.05, 0.1) is 6.61 Å². The molecule has 2 amide bonds. The molecule has 0 saturated carbocycles. The number of unbranched alkanes of at least 4 members (excludes halogenated alkanes) is 1. The maximum Gasteiger partial charge on any atom is 0.326 e. The van der Waals surface area contributed by atoms with Crippen LogP contribution in [0.2, 0.25) is 0 Å². The van der Waals surface area contributed by atoms with E-state index in [2.05, 4.69) is 12.2 Å². The molecule has 0 saturated heterocycles. The SMILES string of the molecule is CCCCOc1ccc(-c2ccc(C(=O)N[C@@H](CCC(N)=O)C(=O)O)cc2)cc1. The number of amides is 2. The van der Waals surface area contributed by atoms with Gasteiger partial charge in [0.1, 0.15) is 11.8 Å². The topological polar surface area (TPSA) is 119 Å². The van der Waals surface area contributed by atoms with Crippen molar-refractivity contribution in [3.8, 4) is 16.9 Å². The smallest absolute Gasteiger partial charge is 0.326 e. The van der Waals surface area contributed by atoms with Gasteiger partial charge in [-0.1, -0.05) is 37.6 Å². The van der Waals surface area contributed by atoms with Gasteiger partial charge in [-0.15, -0.1) is 0 Å². The highest BCUT2D eigenvalue weighted by Gasteiger charge is 2.21. The fraction of sp³-hybridized carbons (Fsp3) is 0.318. The maximum atomic E-state index is 12.3. The molecule has 1 atom stereocenters. The molecule has 0 aromatic heterocycles. The Morgan fingerprint density at radius 3 is 2.14 bits per heavy atom. The number of rotatable bonds is 11. The summed E-state index contributed by atoms with van der Waals surface area (Å²) in [7, 11) is 0. The van der Waals surface area contributed by atoms with Crippen molar-refractivity contribution < 1.29 is 24.2 Å². The molecule has 2 aromatic rings. The first kappa shape index (κ1) is 21.9. The Kier molecular flexibility index (Phi) is 8.21. The van der Waals surface area contributed by atoms with Crippen molar-refractivity contribution in [2.24, 2.45) is 5.73 Å². The number of carbonyl (C=O) groups is 3. The summed E-state index contributed by atoms with van der Waals surface area (Å²) in [4.78, 5) is 34.4. The molecule has 4 N–H and O–H groups in total. The van der Waals surface area contributed by atoms with Gasteiger partial charge in [0, 0.05) is 12.0 Å². The minimum Gasteiger partial charge on any atom is -0.494 e. The van der Waals surface area contributed by atoms with Gasteiger partial charge in [-0.25, -0.2) is 4.79 Å². The Hall–Kier alpha value is -3.35. The molecule has 0 spiro atoms. The van der Waals surface area contributed by atoms with Crippen LogP contribution < -0.4 is 15.8 Å². The summed E-state index contributed by atoms with van der Waals surface area (Å²) in [6.07, 6.45) is 1.92. The van der Waals surface area contributed by atoms with Crippen LogP contribution in [0.25, 0.3) is 11.1 Å². The van der Waals surface area contributed by atoms with E-state index in [1.807, 2.05) is 24.3 Å². The Labute approximate surface area is 169 Å². The summed E-state index contributed by atoms with van der Waals surface area (Å²) in [5.74, 6) is -1.53. The standard InChI is InChI=1S/C22H26N2O5/c1-2-3-14-29-18-10-8-16(9-11-18)15-4-6-17(7-5-15)21(26)24-19(22(27)28)12-13-20(23)25/h4-11,19H,2-3,12-14H2,1H3,(H2,23,25)(H,24,26)(H,27,28)/t19-/m0/s1. The van der Waals surface area contributed by atoms with Crippen molar-refractivity contribution in [3.63, 3.8) is 0 Å². The number of aliphatic carboxylic acids is 1. The van der Waals surface area contributed by atoms with E-state index >= 15 is 0 Å². The third-order valence-corrected chi connectivity index (χ3v) is 4.38. The summed E-state index contributed by atoms with van der Waals surface area (Å²) in [6, 6.07) is 13.4.